The minimum atomic E-state index is -1.61. The quantitative estimate of drug-likeness (QED) is 0.830. The van der Waals surface area contributed by atoms with Crippen LogP contribution in [0.25, 0.3) is 16.7 Å². The lowest BCUT2D eigenvalue weighted by Gasteiger charge is -2.16. The van der Waals surface area contributed by atoms with Crippen molar-refractivity contribution in [2.45, 2.75) is 12.8 Å². The van der Waals surface area contributed by atoms with Gasteiger partial charge in [-0.25, -0.2) is 9.18 Å². The standard InChI is InChI=1S/C15H12FNO4/c1-17-10-4-2-7(16)6-9(10)12-11(17)5-3-8(13(12)18)14(19)15(20)21/h2,4,6,18H,3,5H2,1H3,(H,20,21). The number of carboxylic acids is 1. The molecule has 1 aliphatic rings. The fourth-order valence-electron chi connectivity index (χ4n) is 2.89. The van der Waals surface area contributed by atoms with Crippen LogP contribution in [0.4, 0.5) is 4.39 Å². The van der Waals surface area contributed by atoms with Crippen LogP contribution in [0, 0.1) is 5.82 Å². The first-order chi connectivity index (χ1) is 9.91. The molecule has 2 N–H and O–H groups in total. The lowest BCUT2D eigenvalue weighted by molar-refractivity contribution is -0.147. The number of aromatic nitrogens is 1. The molecule has 6 heteroatoms. The Balaban J connectivity index is 2.33. The Labute approximate surface area is 118 Å². The second-order valence-corrected chi connectivity index (χ2v) is 5.00. The van der Waals surface area contributed by atoms with Crippen LogP contribution in [0.2, 0.25) is 0 Å². The first-order valence-corrected chi connectivity index (χ1v) is 6.38. The van der Waals surface area contributed by atoms with Gasteiger partial charge in [-0.15, -0.1) is 0 Å². The SMILES string of the molecule is Cn1c2c(c3cc(F)ccc31)C(O)=C(C(=O)C(=O)O)CC2. The van der Waals surface area contributed by atoms with Crippen LogP contribution in [-0.4, -0.2) is 26.5 Å². The van der Waals surface area contributed by atoms with Crippen molar-refractivity contribution in [1.82, 2.24) is 4.57 Å². The summed E-state index contributed by atoms with van der Waals surface area (Å²) in [4.78, 5) is 22.4. The van der Waals surface area contributed by atoms with Crippen molar-refractivity contribution < 1.29 is 24.2 Å². The highest BCUT2D eigenvalue weighted by Gasteiger charge is 2.30. The molecule has 0 atom stereocenters. The van der Waals surface area contributed by atoms with E-state index in [1.54, 1.807) is 13.1 Å². The maximum Gasteiger partial charge on any atom is 0.377 e. The Morgan fingerprint density at radius 2 is 2.00 bits per heavy atom. The molecular formula is C15H12FNO4. The Kier molecular flexibility index (Phi) is 2.83. The van der Waals surface area contributed by atoms with E-state index in [4.69, 9.17) is 5.11 Å². The number of carbonyl (C=O) groups excluding carboxylic acids is 1. The predicted molar refractivity (Wildman–Crippen MR) is 73.4 cm³/mol. The topological polar surface area (TPSA) is 79.5 Å². The summed E-state index contributed by atoms with van der Waals surface area (Å²) < 4.78 is 15.3. The van der Waals surface area contributed by atoms with E-state index < -0.39 is 17.6 Å². The second-order valence-electron chi connectivity index (χ2n) is 5.00. The average molecular weight is 289 g/mol. The normalized spacial score (nSPS) is 14.4. The number of rotatable bonds is 2. The van der Waals surface area contributed by atoms with Gasteiger partial charge in [-0.2, -0.15) is 0 Å². The van der Waals surface area contributed by atoms with Crippen LogP contribution < -0.4 is 0 Å². The van der Waals surface area contributed by atoms with Crippen LogP contribution in [-0.2, 0) is 23.1 Å². The summed E-state index contributed by atoms with van der Waals surface area (Å²) in [6.45, 7) is 0. The molecule has 108 valence electrons. The highest BCUT2D eigenvalue weighted by molar-refractivity contribution is 6.41. The Bertz CT molecular complexity index is 832. The number of hydrogen-bond acceptors (Lipinski definition) is 3. The van der Waals surface area contributed by atoms with Gasteiger partial charge >= 0.3 is 5.97 Å². The van der Waals surface area contributed by atoms with Crippen molar-refractivity contribution in [2.75, 3.05) is 0 Å². The second kappa shape index (κ2) is 4.44. The van der Waals surface area contributed by atoms with Gasteiger partial charge in [-0.1, -0.05) is 0 Å². The molecule has 1 aliphatic carbocycles. The number of carboxylic acid groups (broad SMARTS) is 1. The van der Waals surface area contributed by atoms with Crippen LogP contribution in [0.15, 0.2) is 23.8 Å². The molecule has 0 radical (unpaired) electrons. The van der Waals surface area contributed by atoms with Crippen molar-refractivity contribution in [2.24, 2.45) is 7.05 Å². The summed E-state index contributed by atoms with van der Waals surface area (Å²) in [5, 5.41) is 19.6. The summed E-state index contributed by atoms with van der Waals surface area (Å²) in [7, 11) is 1.79. The summed E-state index contributed by atoms with van der Waals surface area (Å²) in [6.07, 6.45) is 0.567. The molecule has 0 amide bonds. The number of aryl methyl sites for hydroxylation is 1. The maximum absolute atomic E-state index is 13.5. The van der Waals surface area contributed by atoms with E-state index in [0.29, 0.717) is 17.4 Å². The molecule has 0 spiro atoms. The number of benzene rings is 1. The molecule has 0 fully saturated rings. The molecule has 1 heterocycles. The Hall–Kier alpha value is -2.63. The number of aliphatic hydroxyl groups is 1. The van der Waals surface area contributed by atoms with Crippen LogP contribution in [0.5, 0.6) is 0 Å². The number of fused-ring (bicyclic) bond motifs is 3. The lowest BCUT2D eigenvalue weighted by atomic mass is 9.91. The third kappa shape index (κ3) is 1.83. The molecule has 21 heavy (non-hydrogen) atoms. The largest absolute Gasteiger partial charge is 0.507 e. The molecule has 0 unspecified atom stereocenters. The molecular weight excluding hydrogens is 277 g/mol. The molecule has 1 aromatic heterocycles. The molecule has 2 aromatic rings. The van der Waals surface area contributed by atoms with E-state index >= 15 is 0 Å². The molecule has 0 bridgehead atoms. The van der Waals surface area contributed by atoms with Crippen molar-refractivity contribution >= 4 is 28.4 Å². The first-order valence-electron chi connectivity index (χ1n) is 6.38. The van der Waals surface area contributed by atoms with Gasteiger partial charge in [-0.3, -0.25) is 4.79 Å². The van der Waals surface area contributed by atoms with E-state index in [0.717, 1.165) is 11.2 Å². The highest BCUT2D eigenvalue weighted by Crippen LogP contribution is 2.37. The van der Waals surface area contributed by atoms with Gasteiger partial charge in [0.25, 0.3) is 5.78 Å². The van der Waals surface area contributed by atoms with E-state index in [1.807, 2.05) is 4.57 Å². The first kappa shape index (κ1) is 13.4. The van der Waals surface area contributed by atoms with Gasteiger partial charge in [0.05, 0.1) is 0 Å². The van der Waals surface area contributed by atoms with Gasteiger partial charge in [0.15, 0.2) is 0 Å². The molecule has 1 aromatic carbocycles. The zero-order chi connectivity index (χ0) is 15.3. The fourth-order valence-corrected chi connectivity index (χ4v) is 2.89. The summed E-state index contributed by atoms with van der Waals surface area (Å²) in [5.41, 5.74) is 1.70. The number of Topliss-reactive ketones (excluding diaryl/α,β-unsaturated/α-hetero) is 1. The van der Waals surface area contributed by atoms with Gasteiger partial charge in [0.2, 0.25) is 0 Å². The van der Waals surface area contributed by atoms with E-state index in [-0.39, 0.29) is 17.8 Å². The van der Waals surface area contributed by atoms with Crippen molar-refractivity contribution in [1.29, 1.82) is 0 Å². The fraction of sp³-hybridized carbons (Fsp3) is 0.200. The summed E-state index contributed by atoms with van der Waals surface area (Å²) >= 11 is 0. The van der Waals surface area contributed by atoms with Crippen LogP contribution in [0.1, 0.15) is 17.7 Å². The number of carbonyl (C=O) groups is 2. The average Bonchev–Trinajstić information content (AvgIpc) is 2.72. The predicted octanol–water partition coefficient (Wildman–Crippen LogP) is 2.19. The minimum Gasteiger partial charge on any atom is -0.507 e. The number of ketones is 1. The molecule has 0 aliphatic heterocycles. The maximum atomic E-state index is 13.5. The number of nitrogens with zero attached hydrogens (tertiary/aromatic N) is 1. The zero-order valence-corrected chi connectivity index (χ0v) is 11.2. The van der Waals surface area contributed by atoms with Gasteiger partial charge in [-0.05, 0) is 31.0 Å². The number of hydrogen-bond donors (Lipinski definition) is 2. The molecule has 0 saturated carbocycles. The Morgan fingerprint density at radius 1 is 1.29 bits per heavy atom. The number of aliphatic hydroxyl groups excluding tert-OH is 1. The Morgan fingerprint density at radius 3 is 2.67 bits per heavy atom. The van der Waals surface area contributed by atoms with Gasteiger partial charge in [0.1, 0.15) is 11.6 Å². The molecule has 5 nitrogen and oxygen atoms in total. The van der Waals surface area contributed by atoms with Crippen LogP contribution >= 0.6 is 0 Å². The van der Waals surface area contributed by atoms with E-state index in [1.165, 1.54) is 12.1 Å². The number of aliphatic carboxylic acids is 1. The van der Waals surface area contributed by atoms with Crippen molar-refractivity contribution in [3.05, 3.63) is 40.8 Å². The number of halogens is 1. The molecule has 0 saturated heterocycles. The monoisotopic (exact) mass is 289 g/mol. The van der Waals surface area contributed by atoms with E-state index in [2.05, 4.69) is 0 Å². The minimum absolute atomic E-state index is 0.133. The lowest BCUT2D eigenvalue weighted by Crippen LogP contribution is -2.20. The van der Waals surface area contributed by atoms with Gasteiger partial charge in [0, 0.05) is 34.8 Å². The molecule has 3 rings (SSSR count). The van der Waals surface area contributed by atoms with Crippen molar-refractivity contribution in [3.63, 3.8) is 0 Å². The van der Waals surface area contributed by atoms with E-state index in [9.17, 15) is 19.1 Å². The van der Waals surface area contributed by atoms with Crippen molar-refractivity contribution in [3.8, 4) is 0 Å². The van der Waals surface area contributed by atoms with Crippen LogP contribution in [0.3, 0.4) is 0 Å². The smallest absolute Gasteiger partial charge is 0.377 e. The third-order valence-electron chi connectivity index (χ3n) is 3.89. The zero-order valence-electron chi connectivity index (χ0n) is 11.2. The van der Waals surface area contributed by atoms with Gasteiger partial charge < -0.3 is 14.8 Å². The summed E-state index contributed by atoms with van der Waals surface area (Å²) in [6, 6.07) is 4.19. The third-order valence-corrected chi connectivity index (χ3v) is 3.89. The highest BCUT2D eigenvalue weighted by atomic mass is 19.1. The summed E-state index contributed by atoms with van der Waals surface area (Å²) in [5.74, 6) is -3.54.